The van der Waals surface area contributed by atoms with Crippen LogP contribution in [0.25, 0.3) is 0 Å². The average molecular weight is 369 g/mol. The number of carbonyl (C=O) groups excluding carboxylic acids is 1. The number of ether oxygens (including phenoxy) is 2. The number of hydrogen-bond donors (Lipinski definition) is 1. The van der Waals surface area contributed by atoms with E-state index in [1.54, 1.807) is 4.68 Å². The van der Waals surface area contributed by atoms with Gasteiger partial charge in [0.1, 0.15) is 13.2 Å². The Kier molecular flexibility index (Phi) is 4.58. The minimum Gasteiger partial charge on any atom is -0.486 e. The van der Waals surface area contributed by atoms with Gasteiger partial charge in [0.25, 0.3) is 5.91 Å². The van der Waals surface area contributed by atoms with Crippen molar-refractivity contribution in [1.29, 1.82) is 0 Å². The van der Waals surface area contributed by atoms with Crippen LogP contribution >= 0.6 is 0 Å². The van der Waals surface area contributed by atoms with Crippen molar-refractivity contribution in [2.75, 3.05) is 19.8 Å². The highest BCUT2D eigenvalue weighted by Crippen LogP contribution is 2.43. The zero-order valence-electron chi connectivity index (χ0n) is 16.3. The first-order valence-corrected chi connectivity index (χ1v) is 9.69. The lowest BCUT2D eigenvalue weighted by molar-refractivity contribution is 0.0941. The lowest BCUT2D eigenvalue weighted by atomic mass is 9.78. The van der Waals surface area contributed by atoms with Crippen LogP contribution in [0.1, 0.15) is 53.0 Å². The standard InChI is InChI=1S/C21H27N3O3/c1-14-19(15(2)24(3)23-14)20(25)22-13-21(8-4-5-9-21)16-6-7-17-18(12-16)27-11-10-26-17/h6-7,12H,4-5,8-11,13H2,1-3H3,(H,22,25). The lowest BCUT2D eigenvalue weighted by Gasteiger charge is -2.31. The molecule has 4 rings (SSSR count). The normalized spacial score (nSPS) is 17.7. The molecule has 144 valence electrons. The lowest BCUT2D eigenvalue weighted by Crippen LogP contribution is -2.39. The Bertz CT molecular complexity index is 866. The number of carbonyl (C=O) groups is 1. The van der Waals surface area contributed by atoms with E-state index in [9.17, 15) is 4.79 Å². The Morgan fingerprint density at radius 1 is 1.19 bits per heavy atom. The van der Waals surface area contributed by atoms with Crippen molar-refractivity contribution in [1.82, 2.24) is 15.1 Å². The molecule has 27 heavy (non-hydrogen) atoms. The van der Waals surface area contributed by atoms with Crippen LogP contribution < -0.4 is 14.8 Å². The topological polar surface area (TPSA) is 65.4 Å². The van der Waals surface area contributed by atoms with Crippen molar-refractivity contribution in [3.63, 3.8) is 0 Å². The SMILES string of the molecule is Cc1nn(C)c(C)c1C(=O)NCC1(c2ccc3c(c2)OCCO3)CCCC1. The van der Waals surface area contributed by atoms with Gasteiger partial charge in [-0.25, -0.2) is 0 Å². The molecule has 0 atom stereocenters. The van der Waals surface area contributed by atoms with E-state index in [0.29, 0.717) is 25.3 Å². The molecule has 2 aliphatic rings. The van der Waals surface area contributed by atoms with Gasteiger partial charge in [-0.3, -0.25) is 9.48 Å². The van der Waals surface area contributed by atoms with E-state index >= 15 is 0 Å². The first-order chi connectivity index (χ1) is 13.0. The number of aryl methyl sites for hydroxylation is 2. The van der Waals surface area contributed by atoms with E-state index in [2.05, 4.69) is 22.5 Å². The van der Waals surface area contributed by atoms with Crippen molar-refractivity contribution in [2.45, 2.75) is 44.9 Å². The molecule has 1 fully saturated rings. The van der Waals surface area contributed by atoms with E-state index < -0.39 is 0 Å². The number of nitrogens with zero attached hydrogens (tertiary/aromatic N) is 2. The number of hydrogen-bond acceptors (Lipinski definition) is 4. The summed E-state index contributed by atoms with van der Waals surface area (Å²) < 4.78 is 13.2. The third kappa shape index (κ3) is 3.17. The minimum absolute atomic E-state index is 0.0399. The van der Waals surface area contributed by atoms with Gasteiger partial charge < -0.3 is 14.8 Å². The summed E-state index contributed by atoms with van der Waals surface area (Å²) in [5.74, 6) is 1.58. The average Bonchev–Trinajstić information content (AvgIpc) is 3.25. The zero-order valence-corrected chi connectivity index (χ0v) is 16.3. The number of nitrogens with one attached hydrogen (secondary N) is 1. The molecule has 2 heterocycles. The van der Waals surface area contributed by atoms with Crippen LogP contribution in [-0.4, -0.2) is 35.4 Å². The second kappa shape index (κ2) is 6.91. The molecule has 1 N–H and O–H groups in total. The van der Waals surface area contributed by atoms with Gasteiger partial charge in [-0.15, -0.1) is 0 Å². The van der Waals surface area contributed by atoms with Gasteiger partial charge >= 0.3 is 0 Å². The van der Waals surface area contributed by atoms with E-state index in [0.717, 1.165) is 35.7 Å². The molecule has 0 unspecified atom stereocenters. The van der Waals surface area contributed by atoms with Crippen molar-refractivity contribution >= 4 is 5.91 Å². The summed E-state index contributed by atoms with van der Waals surface area (Å²) in [5, 5.41) is 7.55. The third-order valence-corrected chi connectivity index (χ3v) is 6.04. The second-order valence-electron chi connectivity index (χ2n) is 7.70. The van der Waals surface area contributed by atoms with Gasteiger partial charge in [0, 0.05) is 24.7 Å². The molecule has 1 amide bonds. The van der Waals surface area contributed by atoms with Crippen LogP contribution in [-0.2, 0) is 12.5 Å². The number of amides is 1. The first-order valence-electron chi connectivity index (χ1n) is 9.69. The maximum atomic E-state index is 12.9. The molecule has 0 saturated heterocycles. The van der Waals surface area contributed by atoms with Crippen LogP contribution in [0.2, 0.25) is 0 Å². The molecule has 0 spiro atoms. The fourth-order valence-electron chi connectivity index (χ4n) is 4.43. The summed E-state index contributed by atoms with van der Waals surface area (Å²) in [4.78, 5) is 12.9. The van der Waals surface area contributed by atoms with Crippen LogP contribution in [0.5, 0.6) is 11.5 Å². The van der Waals surface area contributed by atoms with Gasteiger partial charge in [0.2, 0.25) is 0 Å². The van der Waals surface area contributed by atoms with Crippen molar-refractivity contribution < 1.29 is 14.3 Å². The van der Waals surface area contributed by atoms with E-state index in [1.165, 1.54) is 18.4 Å². The Labute approximate surface area is 159 Å². The maximum absolute atomic E-state index is 12.9. The third-order valence-electron chi connectivity index (χ3n) is 6.04. The number of rotatable bonds is 4. The van der Waals surface area contributed by atoms with Crippen LogP contribution in [0, 0.1) is 13.8 Å². The summed E-state index contributed by atoms with van der Waals surface area (Å²) in [6.07, 6.45) is 4.49. The summed E-state index contributed by atoms with van der Waals surface area (Å²) in [6, 6.07) is 6.24. The molecule has 1 aromatic carbocycles. The van der Waals surface area contributed by atoms with Gasteiger partial charge in [0.15, 0.2) is 11.5 Å². The zero-order chi connectivity index (χ0) is 19.0. The molecule has 0 radical (unpaired) electrons. The smallest absolute Gasteiger partial charge is 0.255 e. The predicted molar refractivity (Wildman–Crippen MR) is 103 cm³/mol. The van der Waals surface area contributed by atoms with Gasteiger partial charge in [-0.05, 0) is 44.4 Å². The highest BCUT2D eigenvalue weighted by atomic mass is 16.6. The Morgan fingerprint density at radius 2 is 1.89 bits per heavy atom. The molecule has 6 nitrogen and oxygen atoms in total. The largest absolute Gasteiger partial charge is 0.486 e. The summed E-state index contributed by atoms with van der Waals surface area (Å²) in [7, 11) is 1.87. The summed E-state index contributed by atoms with van der Waals surface area (Å²) in [6.45, 7) is 5.62. The molecule has 6 heteroatoms. The fraction of sp³-hybridized carbons (Fsp3) is 0.524. The maximum Gasteiger partial charge on any atom is 0.255 e. The fourth-order valence-corrected chi connectivity index (χ4v) is 4.43. The highest BCUT2D eigenvalue weighted by Gasteiger charge is 2.37. The van der Waals surface area contributed by atoms with Crippen LogP contribution in [0.15, 0.2) is 18.2 Å². The molecular formula is C21H27N3O3. The monoisotopic (exact) mass is 369 g/mol. The highest BCUT2D eigenvalue weighted by molar-refractivity contribution is 5.96. The quantitative estimate of drug-likeness (QED) is 0.900. The minimum atomic E-state index is -0.0461. The molecule has 1 aromatic heterocycles. The van der Waals surface area contributed by atoms with E-state index in [4.69, 9.17) is 9.47 Å². The summed E-state index contributed by atoms with van der Waals surface area (Å²) >= 11 is 0. The molecule has 0 bridgehead atoms. The van der Waals surface area contributed by atoms with Gasteiger partial charge in [-0.1, -0.05) is 18.9 Å². The van der Waals surface area contributed by atoms with Gasteiger partial charge in [0.05, 0.1) is 11.3 Å². The van der Waals surface area contributed by atoms with Crippen molar-refractivity contribution in [2.24, 2.45) is 7.05 Å². The van der Waals surface area contributed by atoms with Crippen LogP contribution in [0.3, 0.4) is 0 Å². The van der Waals surface area contributed by atoms with Gasteiger partial charge in [-0.2, -0.15) is 5.10 Å². The van der Waals surface area contributed by atoms with Crippen molar-refractivity contribution in [3.8, 4) is 11.5 Å². The first kappa shape index (κ1) is 17.9. The van der Waals surface area contributed by atoms with Crippen LogP contribution in [0.4, 0.5) is 0 Å². The second-order valence-corrected chi connectivity index (χ2v) is 7.70. The Balaban J connectivity index is 1.57. The van der Waals surface area contributed by atoms with Crippen molar-refractivity contribution in [3.05, 3.63) is 40.7 Å². The Morgan fingerprint density at radius 3 is 2.56 bits per heavy atom. The van der Waals surface area contributed by atoms with E-state index in [-0.39, 0.29) is 11.3 Å². The molecule has 1 aliphatic heterocycles. The number of benzene rings is 1. The predicted octanol–water partition coefficient (Wildman–Crippen LogP) is 3.05. The molecule has 1 saturated carbocycles. The molecule has 1 aliphatic carbocycles. The number of fused-ring (bicyclic) bond motifs is 1. The molecule has 2 aromatic rings. The van der Waals surface area contributed by atoms with E-state index in [1.807, 2.05) is 27.0 Å². The molecular weight excluding hydrogens is 342 g/mol. The number of aromatic nitrogens is 2. The Hall–Kier alpha value is -2.50. The summed E-state index contributed by atoms with van der Waals surface area (Å²) in [5.41, 5.74) is 3.53.